The Balaban J connectivity index is 1.98. The quantitative estimate of drug-likeness (QED) is 0.638. The Morgan fingerprint density at radius 1 is 1.29 bits per heavy atom. The van der Waals surface area contributed by atoms with Crippen LogP contribution < -0.4 is 5.32 Å². The first-order valence-corrected chi connectivity index (χ1v) is 5.31. The summed E-state index contributed by atoms with van der Waals surface area (Å²) in [6, 6.07) is 0.0230. The van der Waals surface area contributed by atoms with Gasteiger partial charge in [0.05, 0.1) is 12.6 Å². The van der Waals surface area contributed by atoms with Crippen LogP contribution in [0.25, 0.3) is 0 Å². The second kappa shape index (κ2) is 4.09. The van der Waals surface area contributed by atoms with Gasteiger partial charge in [-0.05, 0) is 12.8 Å². The number of hydrogen-bond acceptors (Lipinski definition) is 3. The lowest BCUT2D eigenvalue weighted by Crippen LogP contribution is -2.54. The van der Waals surface area contributed by atoms with Crippen molar-refractivity contribution in [3.05, 3.63) is 0 Å². The molecule has 14 heavy (non-hydrogen) atoms. The lowest BCUT2D eigenvalue weighted by molar-refractivity contribution is -0.130. The van der Waals surface area contributed by atoms with Crippen molar-refractivity contribution in [2.45, 2.75) is 31.7 Å². The van der Waals surface area contributed by atoms with E-state index in [9.17, 15) is 9.59 Å². The summed E-state index contributed by atoms with van der Waals surface area (Å²) in [6.45, 7) is 1.90. The van der Waals surface area contributed by atoms with Crippen molar-refractivity contribution in [3.8, 4) is 0 Å². The highest BCUT2D eigenvalue weighted by molar-refractivity contribution is 5.86. The summed E-state index contributed by atoms with van der Waals surface area (Å²) in [6.07, 6.45) is 3.78. The van der Waals surface area contributed by atoms with Gasteiger partial charge >= 0.3 is 0 Å². The standard InChI is InChI=1S/C10H16N2O2/c13-9-4-2-1-3-8(9)12-6-5-11-10(14)7-12/h8H,1-7H2,(H,11,14). The first-order valence-electron chi connectivity index (χ1n) is 5.31. The van der Waals surface area contributed by atoms with E-state index in [1.165, 1.54) is 0 Å². The smallest absolute Gasteiger partial charge is 0.234 e. The van der Waals surface area contributed by atoms with Crippen LogP contribution in [0.15, 0.2) is 0 Å². The highest BCUT2D eigenvalue weighted by Gasteiger charge is 2.30. The van der Waals surface area contributed by atoms with Gasteiger partial charge in [-0.1, -0.05) is 6.42 Å². The predicted molar refractivity (Wildman–Crippen MR) is 51.8 cm³/mol. The van der Waals surface area contributed by atoms with Crippen LogP contribution in [-0.4, -0.2) is 42.3 Å². The summed E-state index contributed by atoms with van der Waals surface area (Å²) in [5.74, 6) is 0.376. The molecular formula is C10H16N2O2. The molecule has 4 heteroatoms. The van der Waals surface area contributed by atoms with Crippen LogP contribution in [0.3, 0.4) is 0 Å². The molecule has 1 amide bonds. The van der Waals surface area contributed by atoms with Crippen LogP contribution >= 0.6 is 0 Å². The van der Waals surface area contributed by atoms with Crippen molar-refractivity contribution >= 4 is 11.7 Å². The maximum Gasteiger partial charge on any atom is 0.234 e. The second-order valence-corrected chi connectivity index (χ2v) is 4.05. The molecule has 1 atom stereocenters. The summed E-state index contributed by atoms with van der Waals surface area (Å²) in [7, 11) is 0. The molecule has 1 saturated carbocycles. The van der Waals surface area contributed by atoms with E-state index in [-0.39, 0.29) is 11.9 Å². The molecule has 0 aromatic heterocycles. The van der Waals surface area contributed by atoms with Crippen LogP contribution in [0.2, 0.25) is 0 Å². The zero-order valence-electron chi connectivity index (χ0n) is 8.29. The molecule has 0 spiro atoms. The fourth-order valence-electron chi connectivity index (χ4n) is 2.28. The number of nitrogens with zero attached hydrogens (tertiary/aromatic N) is 1. The van der Waals surface area contributed by atoms with E-state index in [1.54, 1.807) is 0 Å². The van der Waals surface area contributed by atoms with Crippen LogP contribution in [0, 0.1) is 0 Å². The highest BCUT2D eigenvalue weighted by atomic mass is 16.2. The third kappa shape index (κ3) is 1.95. The molecule has 1 N–H and O–H groups in total. The third-order valence-electron chi connectivity index (χ3n) is 3.03. The van der Waals surface area contributed by atoms with Crippen molar-refractivity contribution < 1.29 is 9.59 Å². The number of hydrogen-bond donors (Lipinski definition) is 1. The normalized spacial score (nSPS) is 30.1. The SMILES string of the molecule is O=C1CN(C2CCCCC2=O)CCN1. The largest absolute Gasteiger partial charge is 0.354 e. The second-order valence-electron chi connectivity index (χ2n) is 4.05. The van der Waals surface area contributed by atoms with Crippen molar-refractivity contribution in [1.82, 2.24) is 10.2 Å². The Bertz CT molecular complexity index is 253. The Kier molecular flexibility index (Phi) is 2.82. The average Bonchev–Trinajstić information content (AvgIpc) is 2.18. The first kappa shape index (κ1) is 9.65. The summed E-state index contributed by atoms with van der Waals surface area (Å²) in [5, 5.41) is 2.77. The molecule has 2 rings (SSSR count). The van der Waals surface area contributed by atoms with E-state index in [0.29, 0.717) is 25.3 Å². The molecule has 0 aromatic carbocycles. The van der Waals surface area contributed by atoms with E-state index in [0.717, 1.165) is 25.8 Å². The topological polar surface area (TPSA) is 49.4 Å². The fourth-order valence-corrected chi connectivity index (χ4v) is 2.28. The molecule has 1 aliphatic heterocycles. The molecule has 78 valence electrons. The number of rotatable bonds is 1. The minimum atomic E-state index is 0.0230. The van der Waals surface area contributed by atoms with Crippen LogP contribution in [0.4, 0.5) is 0 Å². The number of carbonyl (C=O) groups excluding carboxylic acids is 2. The monoisotopic (exact) mass is 196 g/mol. The zero-order chi connectivity index (χ0) is 9.97. The van der Waals surface area contributed by atoms with Gasteiger partial charge in [0, 0.05) is 19.5 Å². The fraction of sp³-hybridized carbons (Fsp3) is 0.800. The van der Waals surface area contributed by atoms with Gasteiger partial charge in [0.25, 0.3) is 0 Å². The van der Waals surface area contributed by atoms with Crippen molar-refractivity contribution in [3.63, 3.8) is 0 Å². The van der Waals surface area contributed by atoms with Gasteiger partial charge in [-0.15, -0.1) is 0 Å². The Morgan fingerprint density at radius 3 is 2.86 bits per heavy atom. The number of Topliss-reactive ketones (excluding diaryl/α,β-unsaturated/α-hetero) is 1. The van der Waals surface area contributed by atoms with Gasteiger partial charge < -0.3 is 5.32 Å². The Morgan fingerprint density at radius 2 is 2.14 bits per heavy atom. The molecule has 2 aliphatic rings. The number of nitrogens with one attached hydrogen (secondary N) is 1. The maximum absolute atomic E-state index is 11.6. The van der Waals surface area contributed by atoms with Gasteiger partial charge in [0.2, 0.25) is 5.91 Å². The molecule has 1 unspecified atom stereocenters. The number of ketones is 1. The molecule has 0 bridgehead atoms. The van der Waals surface area contributed by atoms with Gasteiger partial charge in [-0.3, -0.25) is 14.5 Å². The first-order chi connectivity index (χ1) is 6.77. The summed E-state index contributed by atoms with van der Waals surface area (Å²) in [5.41, 5.74) is 0. The third-order valence-corrected chi connectivity index (χ3v) is 3.03. The van der Waals surface area contributed by atoms with Crippen molar-refractivity contribution in [2.24, 2.45) is 0 Å². The average molecular weight is 196 g/mol. The van der Waals surface area contributed by atoms with Gasteiger partial charge in [0.15, 0.2) is 0 Å². The molecule has 0 radical (unpaired) electrons. The molecule has 4 nitrogen and oxygen atoms in total. The minimum absolute atomic E-state index is 0.0230. The van der Waals surface area contributed by atoms with Crippen LogP contribution in [-0.2, 0) is 9.59 Å². The lowest BCUT2D eigenvalue weighted by Gasteiger charge is -2.35. The summed E-state index contributed by atoms with van der Waals surface area (Å²) < 4.78 is 0. The predicted octanol–water partition coefficient (Wildman–Crippen LogP) is -0.0701. The van der Waals surface area contributed by atoms with Crippen LogP contribution in [0.1, 0.15) is 25.7 Å². The number of carbonyl (C=O) groups is 2. The summed E-state index contributed by atoms with van der Waals surface area (Å²) >= 11 is 0. The molecule has 1 saturated heterocycles. The zero-order valence-corrected chi connectivity index (χ0v) is 8.29. The van der Waals surface area contributed by atoms with Gasteiger partial charge in [-0.25, -0.2) is 0 Å². The van der Waals surface area contributed by atoms with Crippen LogP contribution in [0.5, 0.6) is 0 Å². The minimum Gasteiger partial charge on any atom is -0.354 e. The number of piperazine rings is 1. The van der Waals surface area contributed by atoms with Gasteiger partial charge in [0.1, 0.15) is 5.78 Å². The molecule has 1 heterocycles. The van der Waals surface area contributed by atoms with E-state index in [4.69, 9.17) is 0 Å². The van der Waals surface area contributed by atoms with E-state index in [2.05, 4.69) is 5.32 Å². The molecular weight excluding hydrogens is 180 g/mol. The lowest BCUT2D eigenvalue weighted by atomic mass is 9.92. The number of amides is 1. The molecule has 0 aromatic rings. The molecule has 2 fully saturated rings. The summed E-state index contributed by atoms with van der Waals surface area (Å²) in [4.78, 5) is 24.8. The van der Waals surface area contributed by atoms with Gasteiger partial charge in [-0.2, -0.15) is 0 Å². The molecule has 1 aliphatic carbocycles. The van der Waals surface area contributed by atoms with Crippen molar-refractivity contribution in [1.29, 1.82) is 0 Å². The van der Waals surface area contributed by atoms with Crippen molar-refractivity contribution in [2.75, 3.05) is 19.6 Å². The Hall–Kier alpha value is -0.900. The van der Waals surface area contributed by atoms with E-state index >= 15 is 0 Å². The Labute approximate surface area is 83.6 Å². The maximum atomic E-state index is 11.6. The highest BCUT2D eigenvalue weighted by Crippen LogP contribution is 2.19. The van der Waals surface area contributed by atoms with E-state index in [1.807, 2.05) is 4.90 Å². The van der Waals surface area contributed by atoms with E-state index < -0.39 is 0 Å².